The van der Waals surface area contributed by atoms with E-state index in [1.807, 2.05) is 0 Å². The van der Waals surface area contributed by atoms with E-state index in [2.05, 4.69) is 0 Å². The zero-order chi connectivity index (χ0) is 4.28. The first-order valence-electron chi connectivity index (χ1n) is 1.47. The molecule has 0 heterocycles. The lowest BCUT2D eigenvalue weighted by atomic mass is 11.8. The summed E-state index contributed by atoms with van der Waals surface area (Å²) in [4.78, 5) is 0. The van der Waals surface area contributed by atoms with Crippen molar-refractivity contribution in [2.75, 3.05) is 6.30 Å². The molecular formula is C2H6F2Si. The summed E-state index contributed by atoms with van der Waals surface area (Å²) in [6.45, 7) is 1.32. The highest BCUT2D eigenvalue weighted by atomic mass is 28.3. The Bertz CT molecular complexity index is 21.6. The summed E-state index contributed by atoms with van der Waals surface area (Å²) in [5.41, 5.74) is 0. The summed E-state index contributed by atoms with van der Waals surface area (Å²) in [6.07, 6.45) is -0.722. The van der Waals surface area contributed by atoms with Crippen LogP contribution in [-0.4, -0.2) is 15.4 Å². The van der Waals surface area contributed by atoms with Gasteiger partial charge in [-0.1, -0.05) is 0 Å². The third-order valence-electron chi connectivity index (χ3n) is 0.213. The van der Waals surface area contributed by atoms with Crippen LogP contribution in [0, 0.1) is 0 Å². The standard InChI is InChI=1S/C2H6F2Si/c1-5(4)2-3/h5H,2H2,1H3. The van der Waals surface area contributed by atoms with Crippen molar-refractivity contribution < 1.29 is 8.50 Å². The molecule has 0 rings (SSSR count). The fourth-order valence-corrected chi connectivity index (χ4v) is 0. The Balaban J connectivity index is 2.54. The van der Waals surface area contributed by atoms with E-state index in [9.17, 15) is 8.50 Å². The molecular weight excluding hydrogens is 90.1 g/mol. The minimum Gasteiger partial charge on any atom is -0.316 e. The molecule has 3 heteroatoms. The second kappa shape index (κ2) is 2.32. The molecule has 0 saturated heterocycles. The fourth-order valence-electron chi connectivity index (χ4n) is 0. The summed E-state index contributed by atoms with van der Waals surface area (Å²) in [6, 6.07) is 0. The Morgan fingerprint density at radius 2 is 2.00 bits per heavy atom. The van der Waals surface area contributed by atoms with Gasteiger partial charge in [-0.3, -0.25) is 4.39 Å². The number of hydrogen-bond acceptors (Lipinski definition) is 0. The van der Waals surface area contributed by atoms with Crippen molar-refractivity contribution >= 4 is 9.13 Å². The van der Waals surface area contributed by atoms with E-state index < -0.39 is 15.4 Å². The maximum absolute atomic E-state index is 11.2. The van der Waals surface area contributed by atoms with Gasteiger partial charge in [0.2, 0.25) is 0 Å². The number of halogens is 2. The first-order chi connectivity index (χ1) is 2.27. The molecule has 0 aliphatic carbocycles. The lowest BCUT2D eigenvalue weighted by Gasteiger charge is -1.79. The summed E-state index contributed by atoms with van der Waals surface area (Å²) in [7, 11) is -2.32. The van der Waals surface area contributed by atoms with Crippen molar-refractivity contribution in [2.24, 2.45) is 0 Å². The zero-order valence-electron chi connectivity index (χ0n) is 3.04. The quantitative estimate of drug-likeness (QED) is 0.335. The molecule has 0 fully saturated rings. The Labute approximate surface area is 31.6 Å². The van der Waals surface area contributed by atoms with Gasteiger partial charge in [0.15, 0.2) is 0 Å². The van der Waals surface area contributed by atoms with Gasteiger partial charge in [-0.15, -0.1) is 0 Å². The molecule has 0 spiro atoms. The summed E-state index contributed by atoms with van der Waals surface area (Å²) < 4.78 is 22.0. The van der Waals surface area contributed by atoms with Crippen LogP contribution in [0.3, 0.4) is 0 Å². The second-order valence-electron chi connectivity index (χ2n) is 0.935. The topological polar surface area (TPSA) is 0 Å². The third-order valence-corrected chi connectivity index (χ3v) is 0.638. The Morgan fingerprint density at radius 1 is 1.80 bits per heavy atom. The largest absolute Gasteiger partial charge is 0.316 e. The summed E-state index contributed by atoms with van der Waals surface area (Å²) >= 11 is 0. The number of hydrogen-bond donors (Lipinski definition) is 0. The van der Waals surface area contributed by atoms with E-state index in [4.69, 9.17) is 0 Å². The van der Waals surface area contributed by atoms with E-state index in [0.717, 1.165) is 0 Å². The molecule has 1 unspecified atom stereocenters. The molecule has 1 atom stereocenters. The molecule has 0 radical (unpaired) electrons. The first-order valence-corrected chi connectivity index (χ1v) is 3.88. The van der Waals surface area contributed by atoms with Gasteiger partial charge in [-0.25, -0.2) is 0 Å². The summed E-state index contributed by atoms with van der Waals surface area (Å²) in [5, 5.41) is 0. The normalized spacial score (nSPS) is 15.0. The van der Waals surface area contributed by atoms with E-state index >= 15 is 0 Å². The van der Waals surface area contributed by atoms with Crippen LogP contribution in [0.1, 0.15) is 0 Å². The van der Waals surface area contributed by atoms with E-state index in [0.29, 0.717) is 0 Å². The minimum absolute atomic E-state index is 0.722. The van der Waals surface area contributed by atoms with E-state index in [-0.39, 0.29) is 0 Å². The van der Waals surface area contributed by atoms with Crippen molar-refractivity contribution in [1.82, 2.24) is 0 Å². The van der Waals surface area contributed by atoms with Crippen LogP contribution in [0.25, 0.3) is 0 Å². The van der Waals surface area contributed by atoms with Crippen molar-refractivity contribution in [3.8, 4) is 0 Å². The highest BCUT2D eigenvalue weighted by molar-refractivity contribution is 6.49. The maximum atomic E-state index is 11.2. The molecule has 32 valence electrons. The van der Waals surface area contributed by atoms with Crippen molar-refractivity contribution in [3.63, 3.8) is 0 Å². The van der Waals surface area contributed by atoms with Crippen LogP contribution < -0.4 is 0 Å². The van der Waals surface area contributed by atoms with Gasteiger partial charge in [0.1, 0.15) is 6.30 Å². The van der Waals surface area contributed by atoms with Crippen molar-refractivity contribution in [3.05, 3.63) is 0 Å². The maximum Gasteiger partial charge on any atom is 0.259 e. The predicted molar refractivity (Wildman–Crippen MR) is 20.1 cm³/mol. The Hall–Kier alpha value is 0.0769. The van der Waals surface area contributed by atoms with Crippen LogP contribution >= 0.6 is 0 Å². The lowest BCUT2D eigenvalue weighted by molar-refractivity contribution is 0.565. The molecule has 0 saturated carbocycles. The van der Waals surface area contributed by atoms with Gasteiger partial charge in [-0.05, 0) is 6.55 Å². The number of rotatable bonds is 1. The van der Waals surface area contributed by atoms with Gasteiger partial charge < -0.3 is 4.11 Å². The van der Waals surface area contributed by atoms with Gasteiger partial charge in [0.05, 0.1) is 0 Å². The first kappa shape index (κ1) is 5.08. The Morgan fingerprint density at radius 3 is 2.00 bits per heavy atom. The molecule has 0 aromatic rings. The zero-order valence-corrected chi connectivity index (χ0v) is 4.20. The van der Waals surface area contributed by atoms with E-state index in [1.54, 1.807) is 0 Å². The highest BCUT2D eigenvalue weighted by Crippen LogP contribution is 1.79. The molecule has 5 heavy (non-hydrogen) atoms. The van der Waals surface area contributed by atoms with Crippen LogP contribution in [-0.2, 0) is 0 Å². The van der Waals surface area contributed by atoms with Crippen molar-refractivity contribution in [2.45, 2.75) is 6.55 Å². The Kier molecular flexibility index (Phi) is 2.36. The molecule has 0 amide bonds. The SMILES string of the molecule is C[SiH](F)CF. The average molecular weight is 96.2 g/mol. The van der Waals surface area contributed by atoms with Gasteiger partial charge in [-0.2, -0.15) is 0 Å². The lowest BCUT2D eigenvalue weighted by Crippen LogP contribution is -1.98. The highest BCUT2D eigenvalue weighted by Gasteiger charge is 1.94. The van der Waals surface area contributed by atoms with Crippen LogP contribution in [0.5, 0.6) is 0 Å². The predicted octanol–water partition coefficient (Wildman–Crippen LogP) is 0.818. The third kappa shape index (κ3) is 4.08. The van der Waals surface area contributed by atoms with Crippen molar-refractivity contribution in [1.29, 1.82) is 0 Å². The smallest absolute Gasteiger partial charge is 0.259 e. The molecule has 0 aliphatic heterocycles. The average Bonchev–Trinajstić information content (AvgIpc) is 1.38. The fraction of sp³-hybridized carbons (Fsp3) is 1.00. The van der Waals surface area contributed by atoms with Crippen LogP contribution in [0.4, 0.5) is 8.50 Å². The minimum atomic E-state index is -2.32. The monoisotopic (exact) mass is 96.0 g/mol. The van der Waals surface area contributed by atoms with Crippen LogP contribution in [0.15, 0.2) is 0 Å². The van der Waals surface area contributed by atoms with E-state index in [1.165, 1.54) is 6.55 Å². The van der Waals surface area contributed by atoms with Gasteiger partial charge in [0, 0.05) is 0 Å². The molecule has 0 N–H and O–H groups in total. The van der Waals surface area contributed by atoms with Gasteiger partial charge in [0.25, 0.3) is 9.13 Å². The molecule has 0 aromatic heterocycles. The second-order valence-corrected chi connectivity index (χ2v) is 2.81. The molecule has 0 aromatic carbocycles. The summed E-state index contributed by atoms with van der Waals surface area (Å²) in [5.74, 6) is 0. The molecule has 0 bridgehead atoms. The number of alkyl halides is 1. The molecule has 0 nitrogen and oxygen atoms in total. The molecule has 0 aliphatic rings. The van der Waals surface area contributed by atoms with Gasteiger partial charge >= 0.3 is 0 Å². The van der Waals surface area contributed by atoms with Crippen LogP contribution in [0.2, 0.25) is 6.55 Å².